The van der Waals surface area contributed by atoms with Gasteiger partial charge in [-0.2, -0.15) is 30.0 Å². The van der Waals surface area contributed by atoms with Crippen LogP contribution in [0.5, 0.6) is 5.75 Å². The number of aliphatic hydroxyl groups is 5. The SMILES string of the molecule is CC1(C)OC(=O)c2c1ccnc2Cl.C[C@@H]1CC[C@@H](O)CN1.C[C@@H]1CC[C@@H](O)CN1C(=O)OCc1ccccc1.C[C@@H]1CC[C@@H](O)CN1C(=O)OCc1ccccc1.C[C@@H]1CC[C@@H](O)CN1C(=O)c1ccccc1-n1nccn1.C[C@@H]1CC[C@@H](OC(=O)c2ccc([N+](=O)[O-])cc2)CN1C(=O)OCc1ccccc1.C[C@@H]1CC[C@H](O)CN1C(=O)OCc1ccccc1.Cc1ccc(O)cn1.O=C(O)c1ccccc1-n1nccn1.[Na+].[OH-]. The molecule has 0 saturated carbocycles. The number of aromatic hydroxyl groups is 1. The van der Waals surface area contributed by atoms with Crippen molar-refractivity contribution in [2.75, 3.05) is 39.3 Å². The quantitative estimate of drug-likeness (QED) is 0.0118. The van der Waals surface area contributed by atoms with Crippen molar-refractivity contribution in [2.24, 2.45) is 0 Å². The minimum Gasteiger partial charge on any atom is -0.870 e. The van der Waals surface area contributed by atoms with Gasteiger partial charge in [-0.25, -0.2) is 38.5 Å². The number of rotatable bonds is 15. The maximum atomic E-state index is 12.8. The third-order valence-electron chi connectivity index (χ3n) is 25.0. The van der Waals surface area contributed by atoms with Crippen molar-refractivity contribution < 1.29 is 142 Å². The van der Waals surface area contributed by atoms with Gasteiger partial charge in [-0.05, 0) is 216 Å². The van der Waals surface area contributed by atoms with E-state index in [-0.39, 0.29) is 156 Å². The molecule has 6 saturated heterocycles. The number of carbonyl (C=O) groups is 8. The summed E-state index contributed by atoms with van der Waals surface area (Å²) in [5.74, 6) is -1.82. The molecule has 5 amide bonds. The van der Waals surface area contributed by atoms with Crippen LogP contribution in [0.4, 0.5) is 24.9 Å². The Morgan fingerprint density at radius 1 is 0.456 bits per heavy atom. The summed E-state index contributed by atoms with van der Waals surface area (Å²) >= 11 is 5.78. The largest absolute Gasteiger partial charge is 1.00 e. The van der Waals surface area contributed by atoms with Gasteiger partial charge in [0.05, 0.1) is 115 Å². The average molecular weight is 2080 g/mol. The number of fused-ring (bicyclic) bond motifs is 1. The number of amides is 5. The minimum absolute atomic E-state index is 0. The van der Waals surface area contributed by atoms with E-state index in [2.05, 4.69) is 42.6 Å². The van der Waals surface area contributed by atoms with E-state index in [1.165, 1.54) is 58.5 Å². The fourth-order valence-electron chi connectivity index (χ4n) is 16.4. The summed E-state index contributed by atoms with van der Waals surface area (Å²) in [7, 11) is 0. The number of cyclic esters (lactones) is 1. The van der Waals surface area contributed by atoms with Crippen LogP contribution < -0.4 is 34.9 Å². The van der Waals surface area contributed by atoms with Crippen molar-refractivity contribution in [3.8, 4) is 17.1 Å². The number of carboxylic acid groups (broad SMARTS) is 1. The van der Waals surface area contributed by atoms with Gasteiger partial charge in [-0.3, -0.25) is 19.9 Å². The van der Waals surface area contributed by atoms with Crippen molar-refractivity contribution in [3.05, 3.63) is 321 Å². The van der Waals surface area contributed by atoms with Crippen LogP contribution in [0.1, 0.15) is 207 Å². The van der Waals surface area contributed by atoms with Gasteiger partial charge in [0.15, 0.2) is 0 Å². The van der Waals surface area contributed by atoms with Gasteiger partial charge in [-0.1, -0.05) is 157 Å². The number of aryl methyl sites for hydroxylation is 1. The van der Waals surface area contributed by atoms with Gasteiger partial charge < -0.3 is 99.5 Å². The van der Waals surface area contributed by atoms with E-state index in [9.17, 15) is 68.9 Å². The zero-order valence-corrected chi connectivity index (χ0v) is 88.2. The van der Waals surface area contributed by atoms with Gasteiger partial charge in [-0.15, -0.1) is 0 Å². The van der Waals surface area contributed by atoms with E-state index in [4.69, 9.17) is 55.3 Å². The molecule has 0 bridgehead atoms. The van der Waals surface area contributed by atoms with E-state index >= 15 is 0 Å². The third kappa shape index (κ3) is 38.7. The molecule has 7 aromatic carbocycles. The van der Waals surface area contributed by atoms with Crippen molar-refractivity contribution in [1.29, 1.82) is 0 Å². The number of piperidine rings is 6. The second-order valence-electron chi connectivity index (χ2n) is 36.9. The molecule has 39 nitrogen and oxygen atoms in total. The Morgan fingerprint density at radius 2 is 0.819 bits per heavy atom. The number of nitro benzene ring substituents is 1. The second kappa shape index (κ2) is 61.3. The molecule has 0 spiro atoms. The van der Waals surface area contributed by atoms with E-state index in [0.717, 1.165) is 104 Å². The zero-order chi connectivity index (χ0) is 106. The van der Waals surface area contributed by atoms with Crippen molar-refractivity contribution >= 4 is 65.5 Å². The predicted octanol–water partition coefficient (Wildman–Crippen LogP) is 12.8. The molecule has 6 fully saturated rings. The normalized spacial score (nSPS) is 20.6. The molecule has 4 aromatic heterocycles. The number of hydrogen-bond donors (Lipinski definition) is 8. The first-order valence-corrected chi connectivity index (χ1v) is 49.3. The number of non-ortho nitro benzene ring substituents is 1. The molecule has 12 atom stereocenters. The first-order valence-electron chi connectivity index (χ1n) is 48.9. The van der Waals surface area contributed by atoms with Gasteiger partial charge in [0.2, 0.25) is 0 Å². The fourth-order valence-corrected chi connectivity index (χ4v) is 16.6. The van der Waals surface area contributed by atoms with E-state index in [0.29, 0.717) is 67.6 Å². The van der Waals surface area contributed by atoms with Crippen LogP contribution in [-0.2, 0) is 60.4 Å². The molecule has 149 heavy (non-hydrogen) atoms. The Bertz CT molecular complexity index is 5730. The number of esters is 2. The second-order valence-corrected chi connectivity index (χ2v) is 37.3. The van der Waals surface area contributed by atoms with E-state index < -0.39 is 65.0 Å². The van der Waals surface area contributed by atoms with Gasteiger partial charge in [0.1, 0.15) is 60.3 Å². The number of likely N-dealkylation sites (tertiary alicyclic amines) is 5. The van der Waals surface area contributed by atoms with Crippen LogP contribution in [0, 0.1) is 17.0 Å². The number of nitrogens with one attached hydrogen (secondary N) is 1. The average Bonchev–Trinajstić information content (AvgIpc) is 1.62. The maximum absolute atomic E-state index is 12.8. The smallest absolute Gasteiger partial charge is 0.870 e. The van der Waals surface area contributed by atoms with E-state index in [1.54, 1.807) is 85.6 Å². The van der Waals surface area contributed by atoms with Gasteiger partial charge in [0, 0.05) is 78.9 Å². The number of nitrogens with zero attached hydrogens (tertiary/aromatic N) is 14. The molecule has 41 heteroatoms. The molecule has 11 aromatic rings. The number of benzene rings is 7. The number of β-amino-alcohol motifs (C(OH)–C–C–N with tert-alkyl or cyclic N) is 5. The number of pyridine rings is 2. The van der Waals surface area contributed by atoms with Crippen LogP contribution in [0.2, 0.25) is 5.15 Å². The number of nitro groups is 1. The van der Waals surface area contributed by atoms with E-state index in [1.807, 2.05) is 195 Å². The maximum Gasteiger partial charge on any atom is 1.00 e. The molecule has 11 heterocycles. The zero-order valence-electron chi connectivity index (χ0n) is 85.4. The minimum atomic E-state index is -0.988. The number of aliphatic hydroxyl groups excluding tert-OH is 5. The van der Waals surface area contributed by atoms with Crippen molar-refractivity contribution in [3.63, 3.8) is 0 Å². The first-order chi connectivity index (χ1) is 70.5. The summed E-state index contributed by atoms with van der Waals surface area (Å²) in [6, 6.07) is 63.5. The van der Waals surface area contributed by atoms with Crippen LogP contribution in [-0.4, -0.2) is 271 Å². The topological polar surface area (TPSA) is 522 Å². The number of aromatic carboxylic acids is 1. The molecule has 7 aliphatic rings. The predicted molar refractivity (Wildman–Crippen MR) is 547 cm³/mol. The number of carbonyl (C=O) groups excluding carboxylic acids is 7. The number of para-hydroxylation sites is 2. The molecular formula is C108H133ClN15NaO24. The van der Waals surface area contributed by atoms with Crippen LogP contribution in [0.15, 0.2) is 250 Å². The van der Waals surface area contributed by atoms with Crippen molar-refractivity contribution in [2.45, 2.75) is 244 Å². The van der Waals surface area contributed by atoms with Crippen LogP contribution in [0.3, 0.4) is 0 Å². The fraction of sp³-hybridized carbons (Fsp3) is 0.407. The third-order valence-corrected chi connectivity index (χ3v) is 25.3. The van der Waals surface area contributed by atoms with Crippen LogP contribution >= 0.6 is 11.6 Å². The molecule has 792 valence electrons. The Labute approximate surface area is 893 Å². The molecule has 0 radical (unpaired) electrons. The van der Waals surface area contributed by atoms with Crippen LogP contribution in [0.25, 0.3) is 11.4 Å². The number of hydrogen-bond acceptors (Lipinski definition) is 30. The van der Waals surface area contributed by atoms with Crippen molar-refractivity contribution in [1.82, 2.24) is 69.8 Å². The Kier molecular flexibility index (Phi) is 49.6. The summed E-state index contributed by atoms with van der Waals surface area (Å²) in [6.45, 7) is 21.1. The van der Waals surface area contributed by atoms with Gasteiger partial charge in [0.25, 0.3) is 11.6 Å². The Balaban J connectivity index is 0.000000208. The molecule has 18 rings (SSSR count). The number of halogens is 1. The van der Waals surface area contributed by atoms with Gasteiger partial charge >= 0.3 is 71.8 Å². The number of carboxylic acids is 1. The summed E-state index contributed by atoms with van der Waals surface area (Å²) in [5.41, 5.74) is 7.32. The summed E-state index contributed by atoms with van der Waals surface area (Å²) in [5, 5.41) is 95.2. The Morgan fingerprint density at radius 3 is 1.18 bits per heavy atom. The molecule has 0 unspecified atom stereocenters. The number of aromatic nitrogens is 8. The summed E-state index contributed by atoms with van der Waals surface area (Å²) in [4.78, 5) is 124. The summed E-state index contributed by atoms with van der Waals surface area (Å²) < 4.78 is 31.8. The molecule has 7 aliphatic heterocycles. The summed E-state index contributed by atoms with van der Waals surface area (Å²) in [6.07, 6.45) is 15.1. The molecular weight excluding hydrogens is 1950 g/mol. The first kappa shape index (κ1) is 121. The monoisotopic (exact) mass is 2080 g/mol. The molecule has 9 N–H and O–H groups in total. The Hall–Kier alpha value is -13.7. The number of ether oxygens (including phenoxy) is 6. The molecule has 0 aliphatic carbocycles. The standard InChI is InChI=1S/C21H22N2O6.C15H18N4O2.3C14H19NO3.C9H8ClNO2.C9H7N3O2.C6H13NO.C6H7NO.Na.H2O/c1-15-7-12-19(29-20(24)17-8-10-18(11-9-17)23(26)27)13-22(15)21(25)28-14-16-5-3-2-4-6-16;1-11-6-7-12(20)10-18(11)15(21)13-4-2-3-5-14(13)19-16-8-9-17-19;3*1-11-7-8-13(16)9-15(11)14(17)18-10-12-5-3-2-4-6-12;1-9(2)5-3-4-11-7(10)6(5)8(12)13-9;13-9(14)7-3-1-2-4-8(7)12-10-5-6-11-12;2*1-5-2-3-6(8)4-7-5;;/h2-6,8-11,15,19H,7,12-14H2,1H3;2-5,8-9,11-12,20H,6-7,10H2,1H3;3*2-6,11,13,16H,7-10H2,1H3;3-4H,1-2H3;1-6H,(H,13,14);5-8H,2-4H2,1H3;2-4,8H,1H3;;1H2/q;;;;;;;;;+1;/p-1/t15-,19-;11-,12-;11-,13+;2*11-,13-;;;5-,6-;;;/m11111..1.../s1.